The van der Waals surface area contributed by atoms with E-state index in [1.807, 2.05) is 0 Å². The average molecular weight is 292 g/mol. The van der Waals surface area contributed by atoms with Crippen molar-refractivity contribution in [1.29, 1.82) is 0 Å². The molecule has 0 fully saturated rings. The quantitative estimate of drug-likeness (QED) is 0.737. The molecular weight excluding hydrogens is 277 g/mol. The van der Waals surface area contributed by atoms with Gasteiger partial charge < -0.3 is 14.2 Å². The molecule has 0 spiro atoms. The molecule has 8 heteroatoms. The summed E-state index contributed by atoms with van der Waals surface area (Å²) < 4.78 is 48.1. The number of hydrogen-bond acceptors (Lipinski definition) is 4. The third kappa shape index (κ3) is 3.05. The first-order valence-electron chi connectivity index (χ1n) is 6.10. The number of amides is 1. The molecule has 0 aliphatic carbocycles. The second-order valence-corrected chi connectivity index (χ2v) is 5.58. The number of nitrogens with zero attached hydrogens (tertiary/aromatic N) is 2. The molecule has 1 aromatic rings. The summed E-state index contributed by atoms with van der Waals surface area (Å²) >= 11 is 0. The van der Waals surface area contributed by atoms with E-state index in [0.717, 1.165) is 0 Å². The summed E-state index contributed by atoms with van der Waals surface area (Å²) in [5.41, 5.74) is -1.85. The number of ether oxygens (including phenoxy) is 1. The van der Waals surface area contributed by atoms with Crippen LogP contribution in [0.1, 0.15) is 37.8 Å². The van der Waals surface area contributed by atoms with Crippen molar-refractivity contribution in [2.24, 2.45) is 0 Å². The molecule has 2 heterocycles. The van der Waals surface area contributed by atoms with E-state index >= 15 is 0 Å². The van der Waals surface area contributed by atoms with Crippen molar-refractivity contribution in [1.82, 2.24) is 10.1 Å². The van der Waals surface area contributed by atoms with Crippen LogP contribution in [0.15, 0.2) is 4.52 Å². The Balaban J connectivity index is 2.18. The van der Waals surface area contributed by atoms with Crippen molar-refractivity contribution in [2.75, 3.05) is 6.54 Å². The van der Waals surface area contributed by atoms with Crippen LogP contribution in [-0.4, -0.2) is 28.3 Å². The van der Waals surface area contributed by atoms with Crippen molar-refractivity contribution in [2.45, 2.75) is 45.5 Å². The van der Waals surface area contributed by atoms with Crippen LogP contribution in [0.3, 0.4) is 0 Å². The highest BCUT2D eigenvalue weighted by atomic mass is 19.4. The lowest BCUT2D eigenvalue weighted by atomic mass is 10.1. The van der Waals surface area contributed by atoms with Crippen LogP contribution in [0.5, 0.6) is 0 Å². The molecule has 0 atom stereocenters. The first-order chi connectivity index (χ1) is 9.08. The fraction of sp³-hybridized carbons (Fsp3) is 0.667. The number of carbonyl (C=O) groups is 1. The Morgan fingerprint density at radius 3 is 2.55 bits per heavy atom. The van der Waals surface area contributed by atoms with Gasteiger partial charge in [0.2, 0.25) is 0 Å². The Bertz CT molecular complexity index is 517. The Morgan fingerprint density at radius 1 is 1.35 bits per heavy atom. The van der Waals surface area contributed by atoms with Crippen LogP contribution in [0, 0.1) is 0 Å². The Hall–Kier alpha value is -1.73. The molecule has 2 rings (SSSR count). The zero-order valence-corrected chi connectivity index (χ0v) is 11.4. The summed E-state index contributed by atoms with van der Waals surface area (Å²) in [4.78, 5) is 13.1. The molecule has 0 bridgehead atoms. The van der Waals surface area contributed by atoms with Crippen LogP contribution in [0.2, 0.25) is 0 Å². The number of halogens is 3. The fourth-order valence-electron chi connectivity index (χ4n) is 1.91. The topological polar surface area (TPSA) is 55.6 Å². The molecule has 20 heavy (non-hydrogen) atoms. The highest BCUT2D eigenvalue weighted by molar-refractivity contribution is 5.68. The number of rotatable bonds is 0. The predicted molar refractivity (Wildman–Crippen MR) is 61.9 cm³/mol. The molecule has 0 N–H and O–H groups in total. The third-order valence-corrected chi connectivity index (χ3v) is 2.75. The monoisotopic (exact) mass is 292 g/mol. The maximum Gasteiger partial charge on any atom is 0.437 e. The van der Waals surface area contributed by atoms with Crippen LogP contribution in [-0.2, 0) is 23.9 Å². The number of alkyl halides is 3. The molecule has 0 saturated carbocycles. The lowest BCUT2D eigenvalue weighted by molar-refractivity contribution is -0.143. The lowest BCUT2D eigenvalue weighted by Crippen LogP contribution is -2.40. The number of aromatic nitrogens is 1. The Labute approximate surface area is 113 Å². The summed E-state index contributed by atoms with van der Waals surface area (Å²) in [6, 6.07) is 0. The minimum atomic E-state index is -4.59. The minimum absolute atomic E-state index is 0.0883. The first kappa shape index (κ1) is 14.7. The van der Waals surface area contributed by atoms with Gasteiger partial charge in [0.15, 0.2) is 5.69 Å². The molecule has 1 aliphatic heterocycles. The molecule has 112 valence electrons. The third-order valence-electron chi connectivity index (χ3n) is 2.75. The van der Waals surface area contributed by atoms with Gasteiger partial charge in [0.05, 0.1) is 6.54 Å². The van der Waals surface area contributed by atoms with E-state index in [2.05, 4.69) is 5.16 Å². The van der Waals surface area contributed by atoms with E-state index in [1.54, 1.807) is 20.8 Å². The molecule has 1 amide bonds. The molecule has 5 nitrogen and oxygen atoms in total. The molecule has 1 aromatic heterocycles. The second kappa shape index (κ2) is 4.68. The van der Waals surface area contributed by atoms with Gasteiger partial charge in [-0.3, -0.25) is 0 Å². The predicted octanol–water partition coefficient (Wildman–Crippen LogP) is 2.99. The molecule has 1 aliphatic rings. The van der Waals surface area contributed by atoms with Crippen LogP contribution >= 0.6 is 0 Å². The minimum Gasteiger partial charge on any atom is -0.444 e. The molecule has 0 unspecified atom stereocenters. The summed E-state index contributed by atoms with van der Waals surface area (Å²) in [5.74, 6) is 0.178. The lowest BCUT2D eigenvalue weighted by Gasteiger charge is -2.29. The van der Waals surface area contributed by atoms with Gasteiger partial charge in [-0.1, -0.05) is 5.16 Å². The average Bonchev–Trinajstić information content (AvgIpc) is 2.68. The zero-order valence-electron chi connectivity index (χ0n) is 11.4. The van der Waals surface area contributed by atoms with E-state index in [-0.39, 0.29) is 30.8 Å². The van der Waals surface area contributed by atoms with Crippen LogP contribution in [0.25, 0.3) is 0 Å². The summed E-state index contributed by atoms with van der Waals surface area (Å²) in [7, 11) is 0. The van der Waals surface area contributed by atoms with Gasteiger partial charge in [0.25, 0.3) is 0 Å². The molecule has 0 aromatic carbocycles. The van der Waals surface area contributed by atoms with Gasteiger partial charge in [-0.15, -0.1) is 0 Å². The second-order valence-electron chi connectivity index (χ2n) is 5.58. The maximum atomic E-state index is 12.8. The zero-order chi connectivity index (χ0) is 15.1. The highest BCUT2D eigenvalue weighted by Crippen LogP contribution is 2.35. The van der Waals surface area contributed by atoms with E-state index < -0.39 is 23.6 Å². The van der Waals surface area contributed by atoms with Gasteiger partial charge in [-0.05, 0) is 20.8 Å². The van der Waals surface area contributed by atoms with Gasteiger partial charge in [0.1, 0.15) is 11.4 Å². The summed E-state index contributed by atoms with van der Waals surface area (Å²) in [5, 5.41) is 3.06. The van der Waals surface area contributed by atoms with Gasteiger partial charge in [-0.2, -0.15) is 13.2 Å². The standard InChI is InChI=1S/C12H15F3N2O3/c1-11(2,3)19-10(18)17-5-4-8-7(6-17)9(16-20-8)12(13,14)15/h4-6H2,1-3H3. The van der Waals surface area contributed by atoms with E-state index in [9.17, 15) is 18.0 Å². The number of carbonyl (C=O) groups excluding carboxylic acids is 1. The largest absolute Gasteiger partial charge is 0.444 e. The number of fused-ring (bicyclic) bond motifs is 1. The van der Waals surface area contributed by atoms with E-state index in [1.165, 1.54) is 4.90 Å². The smallest absolute Gasteiger partial charge is 0.437 e. The molecular formula is C12H15F3N2O3. The fourth-order valence-corrected chi connectivity index (χ4v) is 1.91. The van der Waals surface area contributed by atoms with Crippen LogP contribution < -0.4 is 0 Å². The van der Waals surface area contributed by atoms with Gasteiger partial charge in [-0.25, -0.2) is 4.79 Å². The SMILES string of the molecule is CC(C)(C)OC(=O)N1CCc2onc(C(F)(F)F)c2C1. The van der Waals surface area contributed by atoms with Crippen molar-refractivity contribution < 1.29 is 27.2 Å². The van der Waals surface area contributed by atoms with Gasteiger partial charge in [0, 0.05) is 18.5 Å². The van der Waals surface area contributed by atoms with Crippen molar-refractivity contribution in [3.8, 4) is 0 Å². The van der Waals surface area contributed by atoms with Crippen LogP contribution in [0.4, 0.5) is 18.0 Å². The first-order valence-corrected chi connectivity index (χ1v) is 6.10. The number of hydrogen-bond donors (Lipinski definition) is 0. The van der Waals surface area contributed by atoms with E-state index in [0.29, 0.717) is 0 Å². The van der Waals surface area contributed by atoms with Gasteiger partial charge >= 0.3 is 12.3 Å². The van der Waals surface area contributed by atoms with E-state index in [4.69, 9.17) is 9.26 Å². The molecule has 0 radical (unpaired) electrons. The van der Waals surface area contributed by atoms with Crippen molar-refractivity contribution in [3.05, 3.63) is 17.0 Å². The van der Waals surface area contributed by atoms with Crippen molar-refractivity contribution >= 4 is 6.09 Å². The molecule has 0 saturated heterocycles. The summed E-state index contributed by atoms with van der Waals surface area (Å²) in [6.45, 7) is 5.12. The van der Waals surface area contributed by atoms with Crippen molar-refractivity contribution in [3.63, 3.8) is 0 Å². The Morgan fingerprint density at radius 2 is 2.00 bits per heavy atom. The summed E-state index contributed by atoms with van der Waals surface area (Å²) in [6.07, 6.45) is -5.04. The highest BCUT2D eigenvalue weighted by Gasteiger charge is 2.41. The normalized spacial score (nSPS) is 16.0. The Kier molecular flexibility index (Phi) is 3.43. The maximum absolute atomic E-state index is 12.8.